The Bertz CT molecular complexity index is 543. The Kier molecular flexibility index (Phi) is 1.61. The van der Waals surface area contributed by atoms with Crippen LogP contribution in [0.3, 0.4) is 0 Å². The highest BCUT2D eigenvalue weighted by molar-refractivity contribution is 5.89. The summed E-state index contributed by atoms with van der Waals surface area (Å²) in [5.74, 6) is 1.13. The van der Waals surface area contributed by atoms with E-state index in [1.165, 1.54) is 10.9 Å². The van der Waals surface area contributed by atoms with Crippen LogP contribution >= 0.6 is 0 Å². The summed E-state index contributed by atoms with van der Waals surface area (Å²) in [4.78, 5) is 0. The summed E-state index contributed by atoms with van der Waals surface area (Å²) >= 11 is 0. The van der Waals surface area contributed by atoms with E-state index in [1.54, 1.807) is 0 Å². The minimum Gasteiger partial charge on any atom is -0.460 e. The first-order valence-electron chi connectivity index (χ1n) is 5.37. The van der Waals surface area contributed by atoms with Crippen LogP contribution in [0.4, 0.5) is 0 Å². The second-order valence-corrected chi connectivity index (χ2v) is 4.83. The van der Waals surface area contributed by atoms with Crippen LogP contribution in [0.1, 0.15) is 31.6 Å². The van der Waals surface area contributed by atoms with Crippen molar-refractivity contribution in [3.05, 3.63) is 41.7 Å². The lowest BCUT2D eigenvalue weighted by molar-refractivity contribution is 0.400. The van der Waals surface area contributed by atoms with Crippen molar-refractivity contribution in [2.45, 2.75) is 25.7 Å². The molecule has 1 nitrogen and oxygen atoms in total. The largest absolute Gasteiger partial charge is 0.460 e. The summed E-state index contributed by atoms with van der Waals surface area (Å²) in [6, 6.07) is 8.25. The van der Waals surface area contributed by atoms with Crippen LogP contribution in [0.25, 0.3) is 17.0 Å². The molecule has 0 N–H and O–H groups in total. The highest BCUT2D eigenvalue weighted by atomic mass is 16.3. The first-order valence-corrected chi connectivity index (χ1v) is 5.37. The van der Waals surface area contributed by atoms with Crippen molar-refractivity contribution in [1.82, 2.24) is 0 Å². The zero-order valence-corrected chi connectivity index (χ0v) is 9.08. The third kappa shape index (κ3) is 1.16. The third-order valence-corrected chi connectivity index (χ3v) is 3.16. The van der Waals surface area contributed by atoms with E-state index in [-0.39, 0.29) is 5.41 Å². The van der Waals surface area contributed by atoms with Gasteiger partial charge in [0.05, 0.1) is 0 Å². The number of hydrogen-bond acceptors (Lipinski definition) is 1. The smallest absolute Gasteiger partial charge is 0.134 e. The normalized spacial score (nSPS) is 18.0. The van der Waals surface area contributed by atoms with E-state index in [0.29, 0.717) is 0 Å². The van der Waals surface area contributed by atoms with Gasteiger partial charge in [-0.3, -0.25) is 0 Å². The molecule has 1 aromatic heterocycles. The van der Waals surface area contributed by atoms with Gasteiger partial charge in [0.15, 0.2) is 0 Å². The molecule has 1 aliphatic rings. The van der Waals surface area contributed by atoms with Crippen molar-refractivity contribution in [2.75, 3.05) is 0 Å². The standard InChI is InChI=1S/C14H14O/c1-14(2)9-5-7-11-10-6-3-4-8-12(10)15-13(11)14/h3-8H,9H2,1-2H3. The molecule has 0 amide bonds. The van der Waals surface area contributed by atoms with Crippen molar-refractivity contribution < 1.29 is 4.42 Å². The first-order chi connectivity index (χ1) is 7.18. The van der Waals surface area contributed by atoms with E-state index in [2.05, 4.69) is 38.1 Å². The lowest BCUT2D eigenvalue weighted by Crippen LogP contribution is -2.18. The Morgan fingerprint density at radius 3 is 2.87 bits per heavy atom. The molecular weight excluding hydrogens is 184 g/mol. The summed E-state index contributed by atoms with van der Waals surface area (Å²) < 4.78 is 5.95. The van der Waals surface area contributed by atoms with Crippen LogP contribution in [-0.4, -0.2) is 0 Å². The van der Waals surface area contributed by atoms with Crippen LogP contribution in [0, 0.1) is 0 Å². The van der Waals surface area contributed by atoms with Gasteiger partial charge < -0.3 is 4.42 Å². The molecule has 0 unspecified atom stereocenters. The molecule has 1 heterocycles. The molecule has 0 spiro atoms. The maximum atomic E-state index is 5.95. The quantitative estimate of drug-likeness (QED) is 0.620. The van der Waals surface area contributed by atoms with E-state index in [1.807, 2.05) is 12.1 Å². The highest BCUT2D eigenvalue weighted by Crippen LogP contribution is 2.40. The SMILES string of the molecule is CC1(C)CC=Cc2c1oc1ccccc21. The molecule has 0 fully saturated rings. The summed E-state index contributed by atoms with van der Waals surface area (Å²) in [6.07, 6.45) is 5.48. The molecule has 0 radical (unpaired) electrons. The van der Waals surface area contributed by atoms with Gasteiger partial charge in [-0.25, -0.2) is 0 Å². The zero-order chi connectivity index (χ0) is 10.5. The van der Waals surface area contributed by atoms with Crippen LogP contribution in [0.15, 0.2) is 34.8 Å². The predicted molar refractivity (Wildman–Crippen MR) is 62.9 cm³/mol. The van der Waals surface area contributed by atoms with E-state index in [4.69, 9.17) is 4.42 Å². The van der Waals surface area contributed by atoms with Crippen molar-refractivity contribution >= 4 is 17.0 Å². The van der Waals surface area contributed by atoms with Gasteiger partial charge in [0, 0.05) is 16.4 Å². The van der Waals surface area contributed by atoms with Crippen molar-refractivity contribution in [3.63, 3.8) is 0 Å². The zero-order valence-electron chi connectivity index (χ0n) is 9.08. The summed E-state index contributed by atoms with van der Waals surface area (Å²) in [6.45, 7) is 4.47. The van der Waals surface area contributed by atoms with E-state index >= 15 is 0 Å². The summed E-state index contributed by atoms with van der Waals surface area (Å²) in [5, 5.41) is 1.23. The van der Waals surface area contributed by atoms with Gasteiger partial charge in [0.2, 0.25) is 0 Å². The molecule has 3 rings (SSSR count). The fourth-order valence-electron chi connectivity index (χ4n) is 2.30. The van der Waals surface area contributed by atoms with Gasteiger partial charge in [0.25, 0.3) is 0 Å². The topological polar surface area (TPSA) is 13.1 Å². The maximum absolute atomic E-state index is 5.95. The monoisotopic (exact) mass is 198 g/mol. The molecule has 2 aromatic rings. The summed E-state index contributed by atoms with van der Waals surface area (Å²) in [7, 11) is 0. The van der Waals surface area contributed by atoms with Crippen LogP contribution in [0.2, 0.25) is 0 Å². The minimum absolute atomic E-state index is 0.128. The van der Waals surface area contributed by atoms with Gasteiger partial charge in [-0.15, -0.1) is 0 Å². The fraction of sp³-hybridized carbons (Fsp3) is 0.286. The molecule has 0 atom stereocenters. The van der Waals surface area contributed by atoms with Crippen LogP contribution in [-0.2, 0) is 5.41 Å². The number of benzene rings is 1. The molecular formula is C14H14O. The Morgan fingerprint density at radius 2 is 2.00 bits per heavy atom. The lowest BCUT2D eigenvalue weighted by atomic mass is 9.80. The molecule has 1 heteroatoms. The van der Waals surface area contributed by atoms with E-state index in [9.17, 15) is 0 Å². The molecule has 0 aliphatic heterocycles. The maximum Gasteiger partial charge on any atom is 0.134 e. The Morgan fingerprint density at radius 1 is 1.20 bits per heavy atom. The number of hydrogen-bond donors (Lipinski definition) is 0. The number of para-hydroxylation sites is 1. The molecule has 76 valence electrons. The average Bonchev–Trinajstić information content (AvgIpc) is 2.58. The molecule has 0 bridgehead atoms. The Hall–Kier alpha value is -1.50. The molecule has 0 saturated heterocycles. The molecule has 15 heavy (non-hydrogen) atoms. The predicted octanol–water partition coefficient (Wildman–Crippen LogP) is 4.13. The molecule has 1 aliphatic carbocycles. The van der Waals surface area contributed by atoms with E-state index < -0.39 is 0 Å². The third-order valence-electron chi connectivity index (χ3n) is 3.16. The molecule has 1 aromatic carbocycles. The number of fused-ring (bicyclic) bond motifs is 3. The molecule has 0 saturated carbocycles. The van der Waals surface area contributed by atoms with Crippen LogP contribution in [0.5, 0.6) is 0 Å². The van der Waals surface area contributed by atoms with Gasteiger partial charge in [-0.2, -0.15) is 0 Å². The minimum atomic E-state index is 0.128. The number of rotatable bonds is 0. The second kappa shape index (κ2) is 2.75. The Labute approximate surface area is 89.4 Å². The number of furan rings is 1. The van der Waals surface area contributed by atoms with Crippen molar-refractivity contribution in [2.24, 2.45) is 0 Å². The second-order valence-electron chi connectivity index (χ2n) is 4.83. The first kappa shape index (κ1) is 8.78. The number of allylic oxidation sites excluding steroid dienone is 1. The highest BCUT2D eigenvalue weighted by Gasteiger charge is 2.29. The van der Waals surface area contributed by atoms with Crippen molar-refractivity contribution in [3.8, 4) is 0 Å². The lowest BCUT2D eigenvalue weighted by Gasteiger charge is -2.24. The van der Waals surface area contributed by atoms with Gasteiger partial charge >= 0.3 is 0 Å². The van der Waals surface area contributed by atoms with Gasteiger partial charge in [-0.05, 0) is 12.5 Å². The average molecular weight is 198 g/mol. The van der Waals surface area contributed by atoms with Gasteiger partial charge in [-0.1, -0.05) is 44.2 Å². The van der Waals surface area contributed by atoms with E-state index in [0.717, 1.165) is 17.8 Å². The van der Waals surface area contributed by atoms with Crippen molar-refractivity contribution in [1.29, 1.82) is 0 Å². The Balaban J connectivity index is 2.40. The van der Waals surface area contributed by atoms with Crippen LogP contribution < -0.4 is 0 Å². The summed E-state index contributed by atoms with van der Waals surface area (Å²) in [5.41, 5.74) is 2.40. The van der Waals surface area contributed by atoms with Gasteiger partial charge in [0.1, 0.15) is 11.3 Å². The fourth-order valence-corrected chi connectivity index (χ4v) is 2.30.